The summed E-state index contributed by atoms with van der Waals surface area (Å²) in [5, 5.41) is 0. The molecule has 0 bridgehead atoms. The number of pyridine rings is 1. The van der Waals surface area contributed by atoms with Gasteiger partial charge in [0, 0.05) is 23.8 Å². The maximum Gasteiger partial charge on any atom is 0.0931 e. The Kier molecular flexibility index (Phi) is 4.26. The van der Waals surface area contributed by atoms with Crippen molar-refractivity contribution in [3.05, 3.63) is 45.4 Å². The molecule has 90 valence electrons. The van der Waals surface area contributed by atoms with Gasteiger partial charge >= 0.3 is 0 Å². The lowest BCUT2D eigenvalue weighted by atomic mass is 10.3. The monoisotopic (exact) mass is 286 g/mol. The summed E-state index contributed by atoms with van der Waals surface area (Å²) >= 11 is 13.3. The minimum atomic E-state index is 0.437. The van der Waals surface area contributed by atoms with Crippen molar-refractivity contribution in [2.24, 2.45) is 0 Å². The van der Waals surface area contributed by atoms with Gasteiger partial charge in [0.25, 0.3) is 0 Å². The van der Waals surface area contributed by atoms with Crippen LogP contribution in [0.2, 0.25) is 4.34 Å². The van der Waals surface area contributed by atoms with Gasteiger partial charge in [-0.2, -0.15) is 0 Å². The number of alkyl halides is 1. The number of aromatic nitrogens is 1. The third-order valence-electron chi connectivity index (χ3n) is 2.40. The smallest absolute Gasteiger partial charge is 0.0931 e. The average molecular weight is 287 g/mol. The Morgan fingerprint density at radius 3 is 2.82 bits per heavy atom. The molecule has 2 aromatic heterocycles. The van der Waals surface area contributed by atoms with Crippen LogP contribution in [0.1, 0.15) is 10.6 Å². The largest absolute Gasteiger partial charge is 0.369 e. The van der Waals surface area contributed by atoms with E-state index in [0.717, 1.165) is 22.3 Å². The summed E-state index contributed by atoms with van der Waals surface area (Å²) in [5.74, 6) is 0.437. The average Bonchev–Trinajstić information content (AvgIpc) is 2.75. The second-order valence-electron chi connectivity index (χ2n) is 3.70. The van der Waals surface area contributed by atoms with E-state index in [4.69, 9.17) is 23.2 Å². The predicted octanol–water partition coefficient (Wildman–Crippen LogP) is 4.17. The van der Waals surface area contributed by atoms with Crippen LogP contribution in [0.15, 0.2) is 30.5 Å². The Bertz CT molecular complexity index is 499. The van der Waals surface area contributed by atoms with Crippen LogP contribution in [-0.2, 0) is 12.4 Å². The van der Waals surface area contributed by atoms with E-state index in [2.05, 4.69) is 9.88 Å². The van der Waals surface area contributed by atoms with E-state index in [1.807, 2.05) is 31.3 Å². The van der Waals surface area contributed by atoms with E-state index in [1.54, 1.807) is 17.5 Å². The van der Waals surface area contributed by atoms with Crippen molar-refractivity contribution in [2.45, 2.75) is 12.4 Å². The van der Waals surface area contributed by atoms with Gasteiger partial charge in [0.15, 0.2) is 0 Å². The zero-order valence-electron chi connectivity index (χ0n) is 9.36. The summed E-state index contributed by atoms with van der Waals surface area (Å²) in [6, 6.07) is 7.95. The number of hydrogen-bond acceptors (Lipinski definition) is 3. The molecule has 0 saturated heterocycles. The summed E-state index contributed by atoms with van der Waals surface area (Å²) in [6.07, 6.45) is 1.78. The highest BCUT2D eigenvalue weighted by Crippen LogP contribution is 2.24. The molecule has 0 aliphatic rings. The molecule has 0 N–H and O–H groups in total. The lowest BCUT2D eigenvalue weighted by Crippen LogP contribution is -2.15. The highest BCUT2D eigenvalue weighted by atomic mass is 35.5. The van der Waals surface area contributed by atoms with Crippen molar-refractivity contribution in [3.8, 4) is 0 Å². The summed E-state index contributed by atoms with van der Waals surface area (Å²) < 4.78 is 0.824. The Morgan fingerprint density at radius 1 is 1.35 bits per heavy atom. The summed E-state index contributed by atoms with van der Waals surface area (Å²) in [7, 11) is 2.04. The molecule has 0 atom stereocenters. The lowest BCUT2D eigenvalue weighted by Gasteiger charge is -2.18. The molecule has 0 spiro atoms. The van der Waals surface area contributed by atoms with Crippen molar-refractivity contribution in [1.82, 2.24) is 4.98 Å². The summed E-state index contributed by atoms with van der Waals surface area (Å²) in [4.78, 5) is 7.56. The molecule has 5 heteroatoms. The first-order valence-corrected chi connectivity index (χ1v) is 6.88. The molecule has 2 nitrogen and oxygen atoms in total. The molecule has 0 amide bonds. The van der Waals surface area contributed by atoms with Crippen LogP contribution in [0, 0.1) is 0 Å². The van der Waals surface area contributed by atoms with Gasteiger partial charge in [0.1, 0.15) is 0 Å². The molecule has 0 aliphatic carbocycles. The quantitative estimate of drug-likeness (QED) is 0.784. The minimum Gasteiger partial charge on any atom is -0.369 e. The van der Waals surface area contributed by atoms with E-state index in [9.17, 15) is 0 Å². The van der Waals surface area contributed by atoms with Gasteiger partial charge in [-0.15, -0.1) is 22.9 Å². The summed E-state index contributed by atoms with van der Waals surface area (Å²) in [5.41, 5.74) is 2.00. The Labute approximate surface area is 115 Å². The van der Waals surface area contributed by atoms with Gasteiger partial charge in [-0.05, 0) is 24.3 Å². The molecule has 2 aromatic rings. The molecule has 0 saturated carbocycles. The van der Waals surface area contributed by atoms with Crippen LogP contribution in [0.5, 0.6) is 0 Å². The van der Waals surface area contributed by atoms with E-state index in [1.165, 1.54) is 4.88 Å². The molecule has 0 aliphatic heterocycles. The van der Waals surface area contributed by atoms with Gasteiger partial charge in [-0.3, -0.25) is 4.98 Å². The van der Waals surface area contributed by atoms with Gasteiger partial charge < -0.3 is 4.90 Å². The van der Waals surface area contributed by atoms with Crippen LogP contribution in [0.3, 0.4) is 0 Å². The van der Waals surface area contributed by atoms with Crippen LogP contribution >= 0.6 is 34.5 Å². The van der Waals surface area contributed by atoms with E-state index < -0.39 is 0 Å². The molecule has 0 radical (unpaired) electrons. The van der Waals surface area contributed by atoms with Crippen molar-refractivity contribution in [1.29, 1.82) is 0 Å². The third kappa shape index (κ3) is 3.35. The fraction of sp³-hybridized carbons (Fsp3) is 0.250. The summed E-state index contributed by atoms with van der Waals surface area (Å²) in [6.45, 7) is 0.836. The Morgan fingerprint density at radius 2 is 2.18 bits per heavy atom. The zero-order chi connectivity index (χ0) is 12.3. The van der Waals surface area contributed by atoms with Gasteiger partial charge in [0.2, 0.25) is 0 Å². The first-order chi connectivity index (χ1) is 8.19. The highest BCUT2D eigenvalue weighted by Gasteiger charge is 2.05. The fourth-order valence-electron chi connectivity index (χ4n) is 1.54. The molecule has 0 unspecified atom stereocenters. The number of hydrogen-bond donors (Lipinski definition) is 0. The molecular weight excluding hydrogens is 275 g/mol. The number of anilines is 1. The molecule has 17 heavy (non-hydrogen) atoms. The number of halogens is 2. The normalized spacial score (nSPS) is 10.5. The first kappa shape index (κ1) is 12.7. The first-order valence-electron chi connectivity index (χ1n) is 5.15. The lowest BCUT2D eigenvalue weighted by molar-refractivity contribution is 0.934. The maximum atomic E-state index is 5.91. The minimum absolute atomic E-state index is 0.437. The van der Waals surface area contributed by atoms with Crippen LogP contribution in [0.25, 0.3) is 0 Å². The fourth-order valence-corrected chi connectivity index (χ4v) is 2.83. The maximum absolute atomic E-state index is 5.91. The third-order valence-corrected chi connectivity index (χ3v) is 3.89. The molecule has 2 rings (SSSR count). The highest BCUT2D eigenvalue weighted by molar-refractivity contribution is 7.16. The SMILES string of the molecule is CN(Cc1ccc(Cl)s1)c1ccnc(CCl)c1. The van der Waals surface area contributed by atoms with Crippen LogP contribution in [0.4, 0.5) is 5.69 Å². The van der Waals surface area contributed by atoms with Crippen molar-refractivity contribution >= 4 is 40.2 Å². The molecule has 2 heterocycles. The van der Waals surface area contributed by atoms with Crippen molar-refractivity contribution in [2.75, 3.05) is 11.9 Å². The number of rotatable bonds is 4. The second-order valence-corrected chi connectivity index (χ2v) is 5.77. The van der Waals surface area contributed by atoms with Crippen molar-refractivity contribution < 1.29 is 0 Å². The second kappa shape index (κ2) is 5.71. The van der Waals surface area contributed by atoms with Crippen molar-refractivity contribution in [3.63, 3.8) is 0 Å². The Balaban J connectivity index is 2.11. The number of nitrogens with zero attached hydrogens (tertiary/aromatic N) is 2. The van der Waals surface area contributed by atoms with E-state index >= 15 is 0 Å². The number of thiophene rings is 1. The van der Waals surface area contributed by atoms with Gasteiger partial charge in [-0.1, -0.05) is 11.6 Å². The van der Waals surface area contributed by atoms with Crippen LogP contribution in [-0.4, -0.2) is 12.0 Å². The molecular formula is C12H12Cl2N2S. The molecule has 0 fully saturated rings. The topological polar surface area (TPSA) is 16.1 Å². The zero-order valence-corrected chi connectivity index (χ0v) is 11.7. The Hall–Kier alpha value is -0.770. The van der Waals surface area contributed by atoms with Gasteiger partial charge in [-0.25, -0.2) is 0 Å². The predicted molar refractivity (Wildman–Crippen MR) is 75.2 cm³/mol. The van der Waals surface area contributed by atoms with E-state index in [0.29, 0.717) is 5.88 Å². The van der Waals surface area contributed by atoms with Crippen LogP contribution < -0.4 is 4.90 Å². The van der Waals surface area contributed by atoms with E-state index in [-0.39, 0.29) is 0 Å². The molecule has 0 aromatic carbocycles. The standard InChI is InChI=1S/C12H12Cl2N2S/c1-16(8-11-2-3-12(14)17-11)10-4-5-15-9(6-10)7-13/h2-6H,7-8H2,1H3. The van der Waals surface area contributed by atoms with Gasteiger partial charge in [0.05, 0.1) is 22.5 Å².